The van der Waals surface area contributed by atoms with Crippen molar-refractivity contribution in [2.45, 2.75) is 6.92 Å². The van der Waals surface area contributed by atoms with Crippen LogP contribution in [-0.4, -0.2) is 69.2 Å². The van der Waals surface area contributed by atoms with E-state index in [1.54, 1.807) is 6.92 Å². The first-order valence-electron chi connectivity index (χ1n) is 8.15. The van der Waals surface area contributed by atoms with E-state index in [0.29, 0.717) is 0 Å². The molecule has 0 atom stereocenters. The summed E-state index contributed by atoms with van der Waals surface area (Å²) in [6.07, 6.45) is 0. The van der Waals surface area contributed by atoms with Crippen LogP contribution in [0.4, 0.5) is 5.69 Å². The Morgan fingerprint density at radius 3 is 2.30 bits per heavy atom. The number of benzene rings is 1. The van der Waals surface area contributed by atoms with Crippen LogP contribution in [0.25, 0.3) is 0 Å². The number of rotatable bonds is 5. The van der Waals surface area contributed by atoms with E-state index in [4.69, 9.17) is 12.2 Å². The molecular weight excluding hydrogens is 308 g/mol. The van der Waals surface area contributed by atoms with Gasteiger partial charge in [0.25, 0.3) is 0 Å². The minimum atomic E-state index is 0.109. The molecule has 1 aliphatic heterocycles. The van der Waals surface area contributed by atoms with Crippen LogP contribution in [0.5, 0.6) is 0 Å². The number of hydrogen-bond donors (Lipinski definition) is 2. The van der Waals surface area contributed by atoms with Crippen molar-refractivity contribution in [3.63, 3.8) is 0 Å². The lowest BCUT2D eigenvalue weighted by molar-refractivity contribution is -0.856. The van der Waals surface area contributed by atoms with E-state index in [1.165, 1.54) is 10.6 Å². The molecule has 0 aliphatic carbocycles. The van der Waals surface area contributed by atoms with E-state index in [0.717, 1.165) is 49.9 Å². The Hall–Kier alpha value is -1.66. The zero-order chi connectivity index (χ0) is 16.8. The zero-order valence-corrected chi connectivity index (χ0v) is 15.1. The molecule has 0 radical (unpaired) electrons. The number of hydrogen-bond acceptors (Lipinski definition) is 3. The van der Waals surface area contributed by atoms with Gasteiger partial charge < -0.3 is 20.0 Å². The fraction of sp³-hybridized carbons (Fsp3) is 0.529. The van der Waals surface area contributed by atoms with Crippen LogP contribution in [0, 0.1) is 0 Å². The molecule has 0 amide bonds. The molecule has 0 aromatic heterocycles. The Labute approximate surface area is 144 Å². The van der Waals surface area contributed by atoms with Gasteiger partial charge in [-0.1, -0.05) is 0 Å². The molecule has 2 N–H and O–H groups in total. The van der Waals surface area contributed by atoms with Crippen LogP contribution >= 0.6 is 12.2 Å². The molecule has 2 rings (SSSR count). The first kappa shape index (κ1) is 17.7. The van der Waals surface area contributed by atoms with Gasteiger partial charge in [-0.3, -0.25) is 4.79 Å². The van der Waals surface area contributed by atoms with Gasteiger partial charge in [-0.15, -0.1) is 0 Å². The Balaban J connectivity index is 1.81. The highest BCUT2D eigenvalue weighted by Gasteiger charge is 2.19. The third-order valence-corrected chi connectivity index (χ3v) is 4.51. The highest BCUT2D eigenvalue weighted by Crippen LogP contribution is 2.17. The van der Waals surface area contributed by atoms with Crippen molar-refractivity contribution in [2.24, 2.45) is 0 Å². The molecule has 0 saturated carbocycles. The Morgan fingerprint density at radius 2 is 1.78 bits per heavy atom. The summed E-state index contributed by atoms with van der Waals surface area (Å²) in [6, 6.07) is 7.87. The van der Waals surface area contributed by atoms with Crippen LogP contribution in [0.1, 0.15) is 17.3 Å². The van der Waals surface area contributed by atoms with Gasteiger partial charge in [0.1, 0.15) is 0 Å². The van der Waals surface area contributed by atoms with Gasteiger partial charge in [0, 0.05) is 37.4 Å². The van der Waals surface area contributed by atoms with Gasteiger partial charge in [0.2, 0.25) is 0 Å². The summed E-state index contributed by atoms with van der Waals surface area (Å²) in [7, 11) is 4.28. The van der Waals surface area contributed by atoms with Crippen LogP contribution in [-0.2, 0) is 0 Å². The van der Waals surface area contributed by atoms with Crippen LogP contribution in [0.2, 0.25) is 0 Å². The quantitative estimate of drug-likeness (QED) is 0.587. The highest BCUT2D eigenvalue weighted by atomic mass is 32.1. The second-order valence-electron chi connectivity index (χ2n) is 6.27. The lowest BCUT2D eigenvalue weighted by Crippen LogP contribution is -3.06. The smallest absolute Gasteiger partial charge is 0.169 e. The number of Topliss-reactive ketones (excluding diaryl/α,β-unsaturated/α-hetero) is 1. The van der Waals surface area contributed by atoms with Crippen molar-refractivity contribution in [1.82, 2.24) is 10.2 Å². The lowest BCUT2D eigenvalue weighted by Gasteiger charge is -2.37. The van der Waals surface area contributed by atoms with Crippen molar-refractivity contribution in [3.8, 4) is 0 Å². The molecule has 0 spiro atoms. The van der Waals surface area contributed by atoms with Crippen molar-refractivity contribution in [2.75, 3.05) is 58.3 Å². The first-order chi connectivity index (χ1) is 11.0. The normalized spacial score (nSPS) is 15.0. The number of nitrogens with one attached hydrogen (secondary N) is 2. The molecular formula is C17H27N4OS+. The predicted octanol–water partition coefficient (Wildman–Crippen LogP) is 0.0302. The Kier molecular flexibility index (Phi) is 6.36. The first-order valence-corrected chi connectivity index (χ1v) is 8.56. The van der Waals surface area contributed by atoms with Gasteiger partial charge in [-0.2, -0.15) is 0 Å². The average Bonchev–Trinajstić information content (AvgIpc) is 2.54. The van der Waals surface area contributed by atoms with Crippen LogP contribution < -0.4 is 15.1 Å². The molecule has 1 saturated heterocycles. The number of piperazine rings is 1. The average molecular weight is 335 g/mol. The standard InChI is InChI=1S/C17H26N4OS/c1-14(22)15-4-6-16(7-5-15)20-10-12-21(13-11-20)17(23)18-8-9-19(2)3/h4-7H,8-13H2,1-3H3,(H,18,23)/p+1. The third-order valence-electron chi connectivity index (χ3n) is 4.11. The number of quaternary nitrogens is 1. The molecule has 1 aliphatic rings. The molecule has 126 valence electrons. The van der Waals surface area contributed by atoms with E-state index in [2.05, 4.69) is 29.2 Å². The number of ketones is 1. The summed E-state index contributed by atoms with van der Waals surface area (Å²) in [5, 5.41) is 4.20. The molecule has 1 fully saturated rings. The molecule has 5 nitrogen and oxygen atoms in total. The molecule has 1 heterocycles. The summed E-state index contributed by atoms with van der Waals surface area (Å²) in [6.45, 7) is 7.31. The number of nitrogens with zero attached hydrogens (tertiary/aromatic N) is 2. The molecule has 0 unspecified atom stereocenters. The number of likely N-dealkylation sites (N-methyl/N-ethyl adjacent to an activating group) is 1. The maximum absolute atomic E-state index is 11.3. The lowest BCUT2D eigenvalue weighted by atomic mass is 10.1. The largest absolute Gasteiger partial charge is 0.368 e. The second-order valence-corrected chi connectivity index (χ2v) is 6.65. The summed E-state index contributed by atoms with van der Waals surface area (Å²) >= 11 is 5.48. The van der Waals surface area contributed by atoms with Crippen LogP contribution in [0.15, 0.2) is 24.3 Å². The maximum Gasteiger partial charge on any atom is 0.169 e. The Morgan fingerprint density at radius 1 is 1.17 bits per heavy atom. The minimum Gasteiger partial charge on any atom is -0.368 e. The fourth-order valence-corrected chi connectivity index (χ4v) is 2.89. The van der Waals surface area contributed by atoms with Crippen molar-refractivity contribution < 1.29 is 9.69 Å². The predicted molar refractivity (Wildman–Crippen MR) is 98.5 cm³/mol. The highest BCUT2D eigenvalue weighted by molar-refractivity contribution is 7.80. The zero-order valence-electron chi connectivity index (χ0n) is 14.3. The van der Waals surface area contributed by atoms with Gasteiger partial charge >= 0.3 is 0 Å². The number of carbonyl (C=O) groups excluding carboxylic acids is 1. The molecule has 23 heavy (non-hydrogen) atoms. The molecule has 0 bridgehead atoms. The Bertz CT molecular complexity index is 536. The van der Waals surface area contributed by atoms with E-state index in [1.807, 2.05) is 24.3 Å². The third kappa shape index (κ3) is 5.18. The maximum atomic E-state index is 11.3. The van der Waals surface area contributed by atoms with Crippen LogP contribution in [0.3, 0.4) is 0 Å². The minimum absolute atomic E-state index is 0.109. The summed E-state index contributed by atoms with van der Waals surface area (Å²) in [5.74, 6) is 0.109. The summed E-state index contributed by atoms with van der Waals surface area (Å²) in [4.78, 5) is 17.3. The number of thiocarbonyl (C=S) groups is 1. The fourth-order valence-electron chi connectivity index (χ4n) is 2.61. The molecule has 1 aromatic carbocycles. The SMILES string of the molecule is CC(=O)c1ccc(N2CCN(C(=S)NCC[NH+](C)C)CC2)cc1. The topological polar surface area (TPSA) is 40.0 Å². The number of carbonyl (C=O) groups is 1. The van der Waals surface area contributed by atoms with Gasteiger partial charge in [0.15, 0.2) is 10.9 Å². The van der Waals surface area contributed by atoms with Gasteiger partial charge in [-0.25, -0.2) is 0 Å². The monoisotopic (exact) mass is 335 g/mol. The van der Waals surface area contributed by atoms with E-state index >= 15 is 0 Å². The molecule has 1 aromatic rings. The van der Waals surface area contributed by atoms with Crippen molar-refractivity contribution in [3.05, 3.63) is 29.8 Å². The van der Waals surface area contributed by atoms with Gasteiger partial charge in [-0.05, 0) is 43.4 Å². The number of anilines is 1. The van der Waals surface area contributed by atoms with Crippen molar-refractivity contribution in [1.29, 1.82) is 0 Å². The van der Waals surface area contributed by atoms with Crippen molar-refractivity contribution >= 4 is 28.8 Å². The van der Waals surface area contributed by atoms with Gasteiger partial charge in [0.05, 0.1) is 27.2 Å². The van der Waals surface area contributed by atoms with E-state index in [-0.39, 0.29) is 5.78 Å². The molecule has 6 heteroatoms. The van der Waals surface area contributed by atoms with E-state index < -0.39 is 0 Å². The summed E-state index contributed by atoms with van der Waals surface area (Å²) < 4.78 is 0. The second kappa shape index (κ2) is 8.26. The summed E-state index contributed by atoms with van der Waals surface area (Å²) in [5.41, 5.74) is 1.94. The van der Waals surface area contributed by atoms with E-state index in [9.17, 15) is 4.79 Å².